The van der Waals surface area contributed by atoms with E-state index in [2.05, 4.69) is 19.2 Å². The van der Waals surface area contributed by atoms with E-state index < -0.39 is 10.0 Å². The minimum atomic E-state index is -3.71. The molecule has 2 heterocycles. The van der Waals surface area contributed by atoms with Crippen LogP contribution in [0.25, 0.3) is 0 Å². The summed E-state index contributed by atoms with van der Waals surface area (Å²) in [5, 5.41) is 3.22. The quantitative estimate of drug-likeness (QED) is 0.651. The number of halogens is 1. The zero-order valence-corrected chi connectivity index (χ0v) is 20.9. The first kappa shape index (κ1) is 24.4. The highest BCUT2D eigenvalue weighted by molar-refractivity contribution is 7.89. The lowest BCUT2D eigenvalue weighted by Crippen LogP contribution is -2.51. The van der Waals surface area contributed by atoms with Gasteiger partial charge in [-0.1, -0.05) is 25.4 Å². The Bertz CT molecular complexity index is 996. The number of rotatable bonds is 6. The van der Waals surface area contributed by atoms with E-state index in [0.717, 1.165) is 19.3 Å². The third kappa shape index (κ3) is 5.88. The summed E-state index contributed by atoms with van der Waals surface area (Å²) in [5.74, 6) is 0.332. The molecule has 33 heavy (non-hydrogen) atoms. The van der Waals surface area contributed by atoms with Crippen molar-refractivity contribution < 1.29 is 18.0 Å². The third-order valence-corrected chi connectivity index (χ3v) is 8.77. The molecule has 4 rings (SSSR count). The largest absolute Gasteiger partial charge is 0.352 e. The zero-order chi connectivity index (χ0) is 23.8. The van der Waals surface area contributed by atoms with Crippen molar-refractivity contribution in [2.45, 2.75) is 44.0 Å². The Hall–Kier alpha value is -1.68. The topological polar surface area (TPSA) is 90.0 Å². The molecule has 10 heteroatoms. The molecule has 0 spiro atoms. The molecule has 2 amide bonds. The molecule has 3 fully saturated rings. The number of piperazine rings is 1. The van der Waals surface area contributed by atoms with Gasteiger partial charge in [0, 0.05) is 45.3 Å². The summed E-state index contributed by atoms with van der Waals surface area (Å²) in [5.41, 5.74) is 0.204. The molecule has 0 bridgehead atoms. The number of nitrogens with zero attached hydrogens (tertiary/aromatic N) is 3. The molecule has 2 unspecified atom stereocenters. The van der Waals surface area contributed by atoms with Crippen LogP contribution in [0.4, 0.5) is 0 Å². The number of piperidine rings is 1. The van der Waals surface area contributed by atoms with Gasteiger partial charge in [-0.3, -0.25) is 14.5 Å². The van der Waals surface area contributed by atoms with Crippen LogP contribution in [0, 0.1) is 11.8 Å². The van der Waals surface area contributed by atoms with E-state index in [1.54, 1.807) is 4.90 Å². The van der Waals surface area contributed by atoms with Crippen molar-refractivity contribution in [1.29, 1.82) is 0 Å². The van der Waals surface area contributed by atoms with E-state index in [0.29, 0.717) is 63.7 Å². The van der Waals surface area contributed by atoms with Crippen molar-refractivity contribution in [1.82, 2.24) is 19.4 Å². The number of nitrogens with one attached hydrogen (secondary N) is 1. The maximum Gasteiger partial charge on any atom is 0.255 e. The molecule has 8 nitrogen and oxygen atoms in total. The van der Waals surface area contributed by atoms with Gasteiger partial charge >= 0.3 is 0 Å². The van der Waals surface area contributed by atoms with Gasteiger partial charge in [0.1, 0.15) is 0 Å². The molecule has 182 valence electrons. The van der Waals surface area contributed by atoms with E-state index in [9.17, 15) is 18.0 Å². The van der Waals surface area contributed by atoms with Crippen molar-refractivity contribution in [3.8, 4) is 0 Å². The van der Waals surface area contributed by atoms with Crippen molar-refractivity contribution in [3.05, 3.63) is 28.8 Å². The van der Waals surface area contributed by atoms with Gasteiger partial charge in [0.05, 0.1) is 22.0 Å². The van der Waals surface area contributed by atoms with Crippen molar-refractivity contribution in [3.63, 3.8) is 0 Å². The number of hydrogen-bond acceptors (Lipinski definition) is 5. The van der Waals surface area contributed by atoms with Crippen molar-refractivity contribution in [2.24, 2.45) is 11.8 Å². The van der Waals surface area contributed by atoms with Crippen LogP contribution in [0.5, 0.6) is 0 Å². The van der Waals surface area contributed by atoms with Crippen LogP contribution in [0.15, 0.2) is 23.1 Å². The second kappa shape index (κ2) is 9.90. The van der Waals surface area contributed by atoms with Gasteiger partial charge in [-0.05, 0) is 49.3 Å². The van der Waals surface area contributed by atoms with E-state index in [1.165, 1.54) is 22.5 Å². The second-order valence-electron chi connectivity index (χ2n) is 9.82. The summed E-state index contributed by atoms with van der Waals surface area (Å²) in [6.45, 7) is 7.51. The van der Waals surface area contributed by atoms with E-state index >= 15 is 0 Å². The van der Waals surface area contributed by atoms with Crippen LogP contribution in [-0.4, -0.2) is 86.2 Å². The standard InChI is InChI=1S/C23H33ClN4O4S/c1-16-11-17(2)14-28(13-16)33(31,32)19-5-6-21(24)20(12-19)23(30)27-9-7-26(8-10-27)15-22(29)25-18-3-4-18/h5-6,12,16-18H,3-4,7-11,13-15H2,1-2H3,(H,25,29). The Morgan fingerprint density at radius 1 is 1.06 bits per heavy atom. The second-order valence-corrected chi connectivity index (χ2v) is 12.2. The highest BCUT2D eigenvalue weighted by atomic mass is 35.5. The van der Waals surface area contributed by atoms with E-state index in [4.69, 9.17) is 11.6 Å². The van der Waals surface area contributed by atoms with Gasteiger partial charge in [-0.15, -0.1) is 0 Å². The summed E-state index contributed by atoms with van der Waals surface area (Å²) in [6.07, 6.45) is 3.11. The third-order valence-electron chi connectivity index (χ3n) is 6.61. The summed E-state index contributed by atoms with van der Waals surface area (Å²) < 4.78 is 28.1. The predicted octanol–water partition coefficient (Wildman–Crippen LogP) is 2.04. The number of benzene rings is 1. The molecule has 2 aliphatic heterocycles. The Balaban J connectivity index is 1.42. The fraction of sp³-hybridized carbons (Fsp3) is 0.652. The number of amides is 2. The molecule has 1 aromatic carbocycles. The average Bonchev–Trinajstić information content (AvgIpc) is 3.57. The molecular weight excluding hydrogens is 464 g/mol. The SMILES string of the molecule is CC1CC(C)CN(S(=O)(=O)c2ccc(Cl)c(C(=O)N3CCN(CC(=O)NC4CC4)CC3)c2)C1. The van der Waals surface area contributed by atoms with Crippen LogP contribution < -0.4 is 5.32 Å². The minimum absolute atomic E-state index is 0.0274. The van der Waals surface area contributed by atoms with Gasteiger partial charge in [0.25, 0.3) is 5.91 Å². The summed E-state index contributed by atoms with van der Waals surface area (Å²) >= 11 is 6.33. The Kier molecular flexibility index (Phi) is 7.33. The molecule has 1 aromatic rings. The summed E-state index contributed by atoms with van der Waals surface area (Å²) in [6, 6.07) is 4.73. The summed E-state index contributed by atoms with van der Waals surface area (Å²) in [7, 11) is -3.71. The lowest BCUT2D eigenvalue weighted by atomic mass is 9.94. The normalized spacial score (nSPS) is 25.1. The lowest BCUT2D eigenvalue weighted by Gasteiger charge is -2.35. The van der Waals surface area contributed by atoms with Crippen LogP contribution in [0.2, 0.25) is 5.02 Å². The maximum atomic E-state index is 13.3. The molecule has 1 N–H and O–H groups in total. The van der Waals surface area contributed by atoms with Gasteiger partial charge < -0.3 is 10.2 Å². The fourth-order valence-corrected chi connectivity index (χ4v) is 6.67. The van der Waals surface area contributed by atoms with E-state index in [-0.39, 0.29) is 27.3 Å². The molecule has 3 aliphatic rings. The van der Waals surface area contributed by atoms with Crippen molar-refractivity contribution >= 4 is 33.4 Å². The average molecular weight is 497 g/mol. The molecule has 2 saturated heterocycles. The molecule has 1 aliphatic carbocycles. The summed E-state index contributed by atoms with van der Waals surface area (Å²) in [4.78, 5) is 29.0. The van der Waals surface area contributed by atoms with E-state index in [1.807, 2.05) is 4.90 Å². The predicted molar refractivity (Wildman–Crippen MR) is 127 cm³/mol. The van der Waals surface area contributed by atoms with Crippen LogP contribution >= 0.6 is 11.6 Å². The number of carbonyl (C=O) groups is 2. The lowest BCUT2D eigenvalue weighted by molar-refractivity contribution is -0.122. The monoisotopic (exact) mass is 496 g/mol. The van der Waals surface area contributed by atoms with Crippen LogP contribution in [0.3, 0.4) is 0 Å². The molecular formula is C23H33ClN4O4S. The van der Waals surface area contributed by atoms with Gasteiger partial charge in [-0.2, -0.15) is 4.31 Å². The van der Waals surface area contributed by atoms with Crippen LogP contribution in [-0.2, 0) is 14.8 Å². The molecule has 2 atom stereocenters. The highest BCUT2D eigenvalue weighted by Crippen LogP contribution is 2.29. The zero-order valence-electron chi connectivity index (χ0n) is 19.3. The number of hydrogen-bond donors (Lipinski definition) is 1. The van der Waals surface area contributed by atoms with Crippen molar-refractivity contribution in [2.75, 3.05) is 45.8 Å². The molecule has 0 radical (unpaired) electrons. The Morgan fingerprint density at radius 3 is 2.30 bits per heavy atom. The van der Waals surface area contributed by atoms with Gasteiger partial charge in [-0.25, -0.2) is 8.42 Å². The first-order valence-electron chi connectivity index (χ1n) is 11.7. The van der Waals surface area contributed by atoms with Crippen LogP contribution in [0.1, 0.15) is 43.5 Å². The first-order chi connectivity index (χ1) is 15.6. The Morgan fingerprint density at radius 2 is 1.70 bits per heavy atom. The van der Waals surface area contributed by atoms with Gasteiger partial charge in [0.15, 0.2) is 0 Å². The maximum absolute atomic E-state index is 13.3. The smallest absolute Gasteiger partial charge is 0.255 e. The number of sulfonamides is 1. The Labute approximate surface area is 201 Å². The fourth-order valence-electron chi connectivity index (χ4n) is 4.76. The van der Waals surface area contributed by atoms with Gasteiger partial charge in [0.2, 0.25) is 15.9 Å². The number of carbonyl (C=O) groups excluding carboxylic acids is 2. The first-order valence-corrected chi connectivity index (χ1v) is 13.6. The molecule has 0 aromatic heterocycles. The highest BCUT2D eigenvalue weighted by Gasteiger charge is 2.33. The molecule has 1 saturated carbocycles. The minimum Gasteiger partial charge on any atom is -0.352 e.